The van der Waals surface area contributed by atoms with Crippen LogP contribution < -0.4 is 15.5 Å². The fraction of sp³-hybridized carbons (Fsp3) is 0.333. The zero-order valence-electron chi connectivity index (χ0n) is 10.3. The Morgan fingerprint density at radius 3 is 2.59 bits per heavy atom. The molecule has 5 nitrogen and oxygen atoms in total. The van der Waals surface area contributed by atoms with Gasteiger partial charge in [0.15, 0.2) is 5.96 Å². The van der Waals surface area contributed by atoms with Crippen molar-refractivity contribution in [2.75, 3.05) is 19.0 Å². The number of hydrogen-bond acceptors (Lipinski definition) is 5. The molecule has 0 amide bonds. The molecule has 2 N–H and O–H groups in total. The van der Waals surface area contributed by atoms with Crippen molar-refractivity contribution in [2.45, 2.75) is 13.1 Å². The van der Waals surface area contributed by atoms with Gasteiger partial charge in [0.1, 0.15) is 6.17 Å². The molecule has 0 bridgehead atoms. The highest BCUT2D eigenvalue weighted by Gasteiger charge is 2.16. The van der Waals surface area contributed by atoms with Crippen molar-refractivity contribution in [2.24, 2.45) is 9.98 Å². The van der Waals surface area contributed by atoms with E-state index in [4.69, 9.17) is 0 Å². The fourth-order valence-corrected chi connectivity index (χ4v) is 1.63. The van der Waals surface area contributed by atoms with Crippen LogP contribution in [0.4, 0.5) is 5.69 Å². The van der Waals surface area contributed by atoms with Gasteiger partial charge in [0.25, 0.3) is 0 Å². The van der Waals surface area contributed by atoms with E-state index in [1.165, 1.54) is 0 Å². The second-order valence-corrected chi connectivity index (χ2v) is 3.83. The minimum Gasteiger partial charge on any atom is -0.359 e. The Labute approximate surface area is 101 Å². The van der Waals surface area contributed by atoms with Gasteiger partial charge in [-0.3, -0.25) is 5.32 Å². The second kappa shape index (κ2) is 4.86. The van der Waals surface area contributed by atoms with E-state index in [2.05, 4.69) is 20.6 Å². The highest BCUT2D eigenvalue weighted by atomic mass is 15.4. The number of hydrogen-bond donors (Lipinski definition) is 2. The van der Waals surface area contributed by atoms with E-state index in [-0.39, 0.29) is 6.17 Å². The average molecular weight is 231 g/mol. The number of aliphatic imine (C=N–C) groups is 2. The molecule has 0 aromatic heterocycles. The molecule has 5 heteroatoms. The molecular weight excluding hydrogens is 214 g/mol. The van der Waals surface area contributed by atoms with Crippen LogP contribution in [0.25, 0.3) is 0 Å². The molecule has 1 atom stereocenters. The summed E-state index contributed by atoms with van der Waals surface area (Å²) in [6.07, 6.45) is -0.0696. The minimum absolute atomic E-state index is 0.0696. The summed E-state index contributed by atoms with van der Waals surface area (Å²) in [5.41, 5.74) is 1.09. The lowest BCUT2D eigenvalue weighted by Crippen LogP contribution is -2.49. The molecule has 17 heavy (non-hydrogen) atoms. The summed E-state index contributed by atoms with van der Waals surface area (Å²) in [4.78, 5) is 10.8. The number of rotatable bonds is 1. The quantitative estimate of drug-likeness (QED) is 0.758. The van der Waals surface area contributed by atoms with Gasteiger partial charge in [-0.25, -0.2) is 9.98 Å². The molecule has 0 saturated carbocycles. The lowest BCUT2D eigenvalue weighted by Gasteiger charge is -2.26. The molecule has 0 fully saturated rings. The monoisotopic (exact) mass is 231 g/mol. The van der Waals surface area contributed by atoms with Crippen molar-refractivity contribution >= 4 is 17.6 Å². The topological polar surface area (TPSA) is 52.0 Å². The highest BCUT2D eigenvalue weighted by Crippen LogP contribution is 2.12. The first-order valence-corrected chi connectivity index (χ1v) is 5.60. The Balaban J connectivity index is 2.19. The zero-order chi connectivity index (χ0) is 12.3. The van der Waals surface area contributed by atoms with Crippen molar-refractivity contribution in [3.8, 4) is 0 Å². The van der Waals surface area contributed by atoms with Crippen LogP contribution in [0, 0.1) is 0 Å². The third-order valence-corrected chi connectivity index (χ3v) is 2.55. The Bertz CT molecular complexity index is 437. The first-order valence-electron chi connectivity index (χ1n) is 5.60. The number of para-hydroxylation sites is 1. The Hall–Kier alpha value is -2.04. The van der Waals surface area contributed by atoms with Crippen molar-refractivity contribution in [3.05, 3.63) is 30.3 Å². The van der Waals surface area contributed by atoms with Gasteiger partial charge in [-0.1, -0.05) is 18.2 Å². The molecule has 1 unspecified atom stereocenters. The number of nitrogens with zero attached hydrogens (tertiary/aromatic N) is 3. The largest absolute Gasteiger partial charge is 0.359 e. The molecule has 1 heterocycles. The molecule has 0 radical (unpaired) electrons. The van der Waals surface area contributed by atoms with Crippen molar-refractivity contribution in [1.82, 2.24) is 10.6 Å². The molecule has 1 aromatic rings. The molecule has 0 saturated heterocycles. The van der Waals surface area contributed by atoms with E-state index >= 15 is 0 Å². The Kier molecular flexibility index (Phi) is 3.27. The van der Waals surface area contributed by atoms with Crippen molar-refractivity contribution in [3.63, 3.8) is 0 Å². The van der Waals surface area contributed by atoms with Crippen LogP contribution in [0.15, 0.2) is 40.3 Å². The van der Waals surface area contributed by atoms with Crippen LogP contribution >= 0.6 is 0 Å². The maximum atomic E-state index is 4.46. The van der Waals surface area contributed by atoms with E-state index < -0.39 is 0 Å². The lowest BCUT2D eigenvalue weighted by atomic mass is 10.3. The molecule has 1 aliphatic heterocycles. The summed E-state index contributed by atoms with van der Waals surface area (Å²) >= 11 is 0. The minimum atomic E-state index is -0.0696. The zero-order valence-corrected chi connectivity index (χ0v) is 10.3. The van der Waals surface area contributed by atoms with E-state index in [1.54, 1.807) is 0 Å². The molecule has 2 rings (SSSR count). The standard InChI is InChI=1S/C12H17N5/c1-9-14-11(13-2)16-12(15-9)17(3)10-7-5-4-6-8-10/h4-9H,1-3H3,(H2,13,14,15,16). The fourth-order valence-electron chi connectivity index (χ4n) is 1.63. The van der Waals surface area contributed by atoms with Gasteiger partial charge < -0.3 is 10.2 Å². The Morgan fingerprint density at radius 1 is 1.24 bits per heavy atom. The number of nitrogens with one attached hydrogen (secondary N) is 2. The number of guanidine groups is 2. The maximum Gasteiger partial charge on any atom is 0.207 e. The van der Waals surface area contributed by atoms with Gasteiger partial charge in [0.05, 0.1) is 0 Å². The van der Waals surface area contributed by atoms with E-state index in [0.717, 1.165) is 17.6 Å². The summed E-state index contributed by atoms with van der Waals surface area (Å²) in [5.74, 6) is 1.54. The molecule has 90 valence electrons. The summed E-state index contributed by atoms with van der Waals surface area (Å²) in [7, 11) is 3.82. The van der Waals surface area contributed by atoms with Gasteiger partial charge in [0, 0.05) is 19.8 Å². The average Bonchev–Trinajstić information content (AvgIpc) is 2.38. The summed E-state index contributed by atoms with van der Waals surface area (Å²) < 4.78 is 0. The van der Waals surface area contributed by atoms with Gasteiger partial charge in [-0.2, -0.15) is 0 Å². The normalized spacial score (nSPS) is 18.9. The molecular formula is C12H17N5. The third kappa shape index (κ3) is 2.55. The van der Waals surface area contributed by atoms with Crippen LogP contribution in [-0.2, 0) is 0 Å². The third-order valence-electron chi connectivity index (χ3n) is 2.55. The Morgan fingerprint density at radius 2 is 1.94 bits per heavy atom. The van der Waals surface area contributed by atoms with Crippen LogP contribution in [0.5, 0.6) is 0 Å². The van der Waals surface area contributed by atoms with Crippen LogP contribution in [0.3, 0.4) is 0 Å². The highest BCUT2D eigenvalue weighted by molar-refractivity contribution is 6.07. The van der Waals surface area contributed by atoms with Gasteiger partial charge in [-0.15, -0.1) is 0 Å². The molecule has 1 aliphatic rings. The van der Waals surface area contributed by atoms with E-state index in [1.807, 2.05) is 56.3 Å². The molecule has 0 aliphatic carbocycles. The maximum absolute atomic E-state index is 4.46. The molecule has 1 aromatic carbocycles. The number of anilines is 1. The van der Waals surface area contributed by atoms with Crippen molar-refractivity contribution < 1.29 is 0 Å². The van der Waals surface area contributed by atoms with Crippen molar-refractivity contribution in [1.29, 1.82) is 0 Å². The van der Waals surface area contributed by atoms with E-state index in [9.17, 15) is 0 Å². The predicted molar refractivity (Wildman–Crippen MR) is 71.4 cm³/mol. The first kappa shape index (κ1) is 11.4. The van der Waals surface area contributed by atoms with Gasteiger partial charge >= 0.3 is 0 Å². The predicted octanol–water partition coefficient (Wildman–Crippen LogP) is 1.00. The van der Waals surface area contributed by atoms with Crippen LogP contribution in [0.1, 0.15) is 6.92 Å². The second-order valence-electron chi connectivity index (χ2n) is 3.83. The first-order chi connectivity index (χ1) is 8.20. The van der Waals surface area contributed by atoms with Gasteiger partial charge in [-0.05, 0) is 19.1 Å². The summed E-state index contributed by atoms with van der Waals surface area (Å²) in [5, 5.41) is 6.15. The smallest absolute Gasteiger partial charge is 0.207 e. The van der Waals surface area contributed by atoms with Crippen LogP contribution in [-0.4, -0.2) is 32.2 Å². The number of benzene rings is 1. The molecule has 0 spiro atoms. The van der Waals surface area contributed by atoms with Gasteiger partial charge in [0.2, 0.25) is 5.96 Å². The van der Waals surface area contributed by atoms with E-state index in [0.29, 0.717) is 0 Å². The summed E-state index contributed by atoms with van der Waals surface area (Å²) in [6, 6.07) is 10.1. The lowest BCUT2D eigenvalue weighted by molar-refractivity contribution is 0.750. The SMILES string of the molecule is CNC1=NC(C)N=C(N(C)c2ccccc2)N1. The van der Waals surface area contributed by atoms with Crippen LogP contribution in [0.2, 0.25) is 0 Å². The summed E-state index contributed by atoms with van der Waals surface area (Å²) in [6.45, 7) is 1.96.